The number of nitro groups is 1. The van der Waals surface area contributed by atoms with Crippen LogP contribution in [-0.4, -0.2) is 4.92 Å². The third-order valence-corrected chi connectivity index (χ3v) is 2.66. The molecule has 2 aromatic rings. The number of nitriles is 1. The Bertz CT molecular complexity index is 692. The molecule has 0 atom stereocenters. The Morgan fingerprint density at radius 1 is 1.30 bits per heavy atom. The van der Waals surface area contributed by atoms with E-state index in [9.17, 15) is 10.1 Å². The summed E-state index contributed by atoms with van der Waals surface area (Å²) < 4.78 is 5.50. The first-order chi connectivity index (χ1) is 9.60. The molecular formula is C14H11N3O3. The van der Waals surface area contributed by atoms with Crippen LogP contribution in [0.1, 0.15) is 11.1 Å². The van der Waals surface area contributed by atoms with Crippen LogP contribution in [0.3, 0.4) is 0 Å². The SMILES string of the molecule is N#Cc1cccc(COc2ccc([N+](=O)[O-])c(N)c2)c1. The van der Waals surface area contributed by atoms with E-state index in [0.717, 1.165) is 5.56 Å². The minimum absolute atomic E-state index is 0.0540. The van der Waals surface area contributed by atoms with Gasteiger partial charge in [-0.2, -0.15) is 5.26 Å². The largest absolute Gasteiger partial charge is 0.489 e. The van der Waals surface area contributed by atoms with Crippen molar-refractivity contribution in [2.45, 2.75) is 6.61 Å². The standard InChI is InChI=1S/C14H11N3O3/c15-8-10-2-1-3-11(6-10)9-20-12-4-5-14(17(18)19)13(16)7-12/h1-7H,9,16H2. The Balaban J connectivity index is 2.09. The lowest BCUT2D eigenvalue weighted by molar-refractivity contribution is -0.383. The molecule has 6 heteroatoms. The molecular weight excluding hydrogens is 258 g/mol. The Kier molecular flexibility index (Phi) is 3.82. The van der Waals surface area contributed by atoms with Gasteiger partial charge in [0.1, 0.15) is 18.0 Å². The summed E-state index contributed by atoms with van der Waals surface area (Å²) in [5.41, 5.74) is 6.86. The fourth-order valence-corrected chi connectivity index (χ4v) is 1.69. The van der Waals surface area contributed by atoms with Gasteiger partial charge in [-0.3, -0.25) is 10.1 Å². The number of rotatable bonds is 4. The lowest BCUT2D eigenvalue weighted by Gasteiger charge is -2.07. The van der Waals surface area contributed by atoms with Crippen molar-refractivity contribution in [3.63, 3.8) is 0 Å². The predicted octanol–water partition coefficient (Wildman–Crippen LogP) is 2.63. The highest BCUT2D eigenvalue weighted by Crippen LogP contribution is 2.26. The summed E-state index contributed by atoms with van der Waals surface area (Å²) in [6, 6.07) is 13.3. The monoisotopic (exact) mass is 269 g/mol. The maximum absolute atomic E-state index is 10.6. The average Bonchev–Trinajstić information content (AvgIpc) is 2.45. The van der Waals surface area contributed by atoms with Gasteiger partial charge in [0.25, 0.3) is 5.69 Å². The summed E-state index contributed by atoms with van der Waals surface area (Å²) in [5.74, 6) is 0.440. The molecule has 0 saturated carbocycles. The van der Waals surface area contributed by atoms with E-state index in [4.69, 9.17) is 15.7 Å². The van der Waals surface area contributed by atoms with Crippen LogP contribution in [0.2, 0.25) is 0 Å². The Morgan fingerprint density at radius 3 is 2.75 bits per heavy atom. The molecule has 0 radical (unpaired) electrons. The van der Waals surface area contributed by atoms with Crippen molar-refractivity contribution >= 4 is 11.4 Å². The van der Waals surface area contributed by atoms with Gasteiger partial charge in [-0.1, -0.05) is 12.1 Å². The van der Waals surface area contributed by atoms with Crippen LogP contribution in [0.25, 0.3) is 0 Å². The van der Waals surface area contributed by atoms with Crippen LogP contribution in [0.4, 0.5) is 11.4 Å². The molecule has 0 saturated heterocycles. The lowest BCUT2D eigenvalue weighted by Crippen LogP contribution is -1.99. The summed E-state index contributed by atoms with van der Waals surface area (Å²) in [7, 11) is 0. The summed E-state index contributed by atoms with van der Waals surface area (Å²) in [6.45, 7) is 0.257. The number of nitrogens with zero attached hydrogens (tertiary/aromatic N) is 2. The molecule has 6 nitrogen and oxygen atoms in total. The fourth-order valence-electron chi connectivity index (χ4n) is 1.69. The number of hydrogen-bond donors (Lipinski definition) is 1. The quantitative estimate of drug-likeness (QED) is 0.522. The zero-order chi connectivity index (χ0) is 14.5. The van der Waals surface area contributed by atoms with E-state index in [1.807, 2.05) is 12.1 Å². The van der Waals surface area contributed by atoms with Crippen molar-refractivity contribution in [2.75, 3.05) is 5.73 Å². The second-order valence-electron chi connectivity index (χ2n) is 4.08. The second kappa shape index (κ2) is 5.71. The minimum Gasteiger partial charge on any atom is -0.489 e. The number of nitro benzene ring substituents is 1. The minimum atomic E-state index is -0.546. The van der Waals surface area contributed by atoms with Crippen molar-refractivity contribution < 1.29 is 9.66 Å². The second-order valence-corrected chi connectivity index (χ2v) is 4.08. The molecule has 2 aromatic carbocycles. The van der Waals surface area contributed by atoms with E-state index in [1.54, 1.807) is 18.2 Å². The van der Waals surface area contributed by atoms with Crippen molar-refractivity contribution in [1.82, 2.24) is 0 Å². The summed E-state index contributed by atoms with van der Waals surface area (Å²) in [5, 5.41) is 19.4. The average molecular weight is 269 g/mol. The van der Waals surface area contributed by atoms with Gasteiger partial charge in [-0.05, 0) is 23.8 Å². The molecule has 100 valence electrons. The molecule has 0 fully saturated rings. The van der Waals surface area contributed by atoms with Crippen LogP contribution in [-0.2, 0) is 6.61 Å². The van der Waals surface area contributed by atoms with E-state index in [2.05, 4.69) is 0 Å². The lowest BCUT2D eigenvalue weighted by atomic mass is 10.1. The Hall–Kier alpha value is -3.07. The van der Waals surface area contributed by atoms with Crippen molar-refractivity contribution in [2.24, 2.45) is 0 Å². The van der Waals surface area contributed by atoms with Crippen molar-refractivity contribution in [1.29, 1.82) is 5.26 Å². The van der Waals surface area contributed by atoms with Crippen molar-refractivity contribution in [3.05, 3.63) is 63.7 Å². The first-order valence-electron chi connectivity index (χ1n) is 5.76. The van der Waals surface area contributed by atoms with E-state index in [-0.39, 0.29) is 18.0 Å². The van der Waals surface area contributed by atoms with Gasteiger partial charge in [0.05, 0.1) is 16.6 Å². The van der Waals surface area contributed by atoms with E-state index >= 15 is 0 Å². The Labute approximate surface area is 115 Å². The van der Waals surface area contributed by atoms with E-state index in [1.165, 1.54) is 18.2 Å². The smallest absolute Gasteiger partial charge is 0.292 e. The van der Waals surface area contributed by atoms with Crippen LogP contribution >= 0.6 is 0 Å². The maximum atomic E-state index is 10.6. The molecule has 0 aliphatic heterocycles. The fraction of sp³-hybridized carbons (Fsp3) is 0.0714. The van der Waals surface area contributed by atoms with Gasteiger partial charge in [-0.25, -0.2) is 0 Å². The predicted molar refractivity (Wildman–Crippen MR) is 73.0 cm³/mol. The zero-order valence-electron chi connectivity index (χ0n) is 10.4. The molecule has 0 aliphatic carbocycles. The molecule has 0 amide bonds. The van der Waals surface area contributed by atoms with Crippen LogP contribution in [0, 0.1) is 21.4 Å². The van der Waals surface area contributed by atoms with Gasteiger partial charge in [0, 0.05) is 12.1 Å². The molecule has 0 heterocycles. The highest BCUT2D eigenvalue weighted by atomic mass is 16.6. The van der Waals surface area contributed by atoms with Gasteiger partial charge >= 0.3 is 0 Å². The normalized spacial score (nSPS) is 9.75. The third kappa shape index (κ3) is 3.03. The number of anilines is 1. The zero-order valence-corrected chi connectivity index (χ0v) is 10.4. The molecule has 0 aliphatic rings. The Morgan fingerprint density at radius 2 is 2.10 bits per heavy atom. The number of ether oxygens (including phenoxy) is 1. The van der Waals surface area contributed by atoms with Crippen molar-refractivity contribution in [3.8, 4) is 11.8 Å². The maximum Gasteiger partial charge on any atom is 0.292 e. The van der Waals surface area contributed by atoms with E-state index in [0.29, 0.717) is 11.3 Å². The van der Waals surface area contributed by atoms with Crippen LogP contribution < -0.4 is 10.5 Å². The van der Waals surface area contributed by atoms with Crippen LogP contribution in [0.5, 0.6) is 5.75 Å². The van der Waals surface area contributed by atoms with Gasteiger partial charge < -0.3 is 10.5 Å². The first-order valence-corrected chi connectivity index (χ1v) is 5.76. The van der Waals surface area contributed by atoms with Gasteiger partial charge in [0.15, 0.2) is 0 Å². The first kappa shape index (κ1) is 13.4. The van der Waals surface area contributed by atoms with Gasteiger partial charge in [-0.15, -0.1) is 0 Å². The summed E-state index contributed by atoms with van der Waals surface area (Å²) in [4.78, 5) is 10.1. The summed E-state index contributed by atoms with van der Waals surface area (Å²) in [6.07, 6.45) is 0. The highest BCUT2D eigenvalue weighted by molar-refractivity contribution is 5.60. The molecule has 0 bridgehead atoms. The number of hydrogen-bond acceptors (Lipinski definition) is 5. The summed E-state index contributed by atoms with van der Waals surface area (Å²) >= 11 is 0. The number of nitrogens with two attached hydrogens (primary N) is 1. The van der Waals surface area contributed by atoms with Gasteiger partial charge in [0.2, 0.25) is 0 Å². The molecule has 20 heavy (non-hydrogen) atoms. The number of nitrogen functional groups attached to an aromatic ring is 1. The third-order valence-electron chi connectivity index (χ3n) is 2.66. The highest BCUT2D eigenvalue weighted by Gasteiger charge is 2.11. The van der Waals surface area contributed by atoms with Crippen LogP contribution in [0.15, 0.2) is 42.5 Å². The topological polar surface area (TPSA) is 102 Å². The van der Waals surface area contributed by atoms with E-state index < -0.39 is 4.92 Å². The number of benzene rings is 2. The molecule has 2 rings (SSSR count). The molecule has 2 N–H and O–H groups in total. The molecule has 0 spiro atoms. The molecule has 0 aromatic heterocycles. The molecule has 0 unspecified atom stereocenters.